The van der Waals surface area contributed by atoms with Gasteiger partial charge in [0.25, 0.3) is 11.4 Å². The van der Waals surface area contributed by atoms with E-state index in [1.54, 1.807) is 6.92 Å². The van der Waals surface area contributed by atoms with Gasteiger partial charge >= 0.3 is 5.97 Å². The van der Waals surface area contributed by atoms with Gasteiger partial charge in [0, 0.05) is 18.2 Å². The summed E-state index contributed by atoms with van der Waals surface area (Å²) < 4.78 is 5.44. The van der Waals surface area contributed by atoms with Gasteiger partial charge in [0.1, 0.15) is 17.1 Å². The Morgan fingerprint density at radius 1 is 1.09 bits per heavy atom. The van der Waals surface area contributed by atoms with Crippen LogP contribution in [0.1, 0.15) is 15.9 Å². The predicted molar refractivity (Wildman–Crippen MR) is 78.0 cm³/mol. The van der Waals surface area contributed by atoms with Crippen LogP contribution < -0.4 is 4.74 Å². The zero-order valence-electron chi connectivity index (χ0n) is 11.8. The molecule has 0 radical (unpaired) electrons. The Kier molecular flexibility index (Phi) is 4.21. The Morgan fingerprint density at radius 2 is 1.78 bits per heavy atom. The summed E-state index contributed by atoms with van der Waals surface area (Å²) in [6, 6.07) is 7.21. The highest BCUT2D eigenvalue weighted by Gasteiger charge is 2.21. The number of non-ortho nitro benzene ring substituents is 1. The number of rotatable bonds is 5. The van der Waals surface area contributed by atoms with Gasteiger partial charge in [-0.2, -0.15) is 0 Å². The quantitative estimate of drug-likeness (QED) is 0.660. The van der Waals surface area contributed by atoms with Gasteiger partial charge in [-0.3, -0.25) is 20.2 Å². The van der Waals surface area contributed by atoms with Crippen LogP contribution in [0.2, 0.25) is 0 Å². The molecular weight excluding hydrogens is 308 g/mol. The first-order chi connectivity index (χ1) is 10.8. The van der Waals surface area contributed by atoms with E-state index in [1.165, 1.54) is 24.3 Å². The van der Waals surface area contributed by atoms with E-state index in [0.29, 0.717) is 5.56 Å². The molecule has 9 nitrogen and oxygen atoms in total. The van der Waals surface area contributed by atoms with Crippen LogP contribution in [0.4, 0.5) is 11.4 Å². The lowest BCUT2D eigenvalue weighted by molar-refractivity contribution is -0.385. The molecule has 2 aromatic carbocycles. The molecule has 23 heavy (non-hydrogen) atoms. The number of carboxylic acid groups (broad SMARTS) is 1. The molecule has 0 aliphatic rings. The van der Waals surface area contributed by atoms with Crippen molar-refractivity contribution < 1.29 is 24.5 Å². The number of benzene rings is 2. The maximum absolute atomic E-state index is 11.1. The fourth-order valence-electron chi connectivity index (χ4n) is 1.85. The standard InChI is InChI=1S/C14H10N2O7/c1-8-2-3-9(15(19)20)6-13(8)23-10-4-5-12(16(21)22)11(7-10)14(17)18/h2-7H,1H3,(H,17,18). The van der Waals surface area contributed by atoms with Crippen molar-refractivity contribution in [2.24, 2.45) is 0 Å². The normalized spacial score (nSPS) is 10.1. The number of ether oxygens (including phenoxy) is 1. The van der Waals surface area contributed by atoms with Crippen molar-refractivity contribution in [2.75, 3.05) is 0 Å². The fraction of sp³-hybridized carbons (Fsp3) is 0.0714. The first-order valence-corrected chi connectivity index (χ1v) is 6.24. The molecule has 2 aromatic rings. The summed E-state index contributed by atoms with van der Waals surface area (Å²) in [6.07, 6.45) is 0. The molecule has 0 atom stereocenters. The summed E-state index contributed by atoms with van der Waals surface area (Å²) in [5.74, 6) is -1.29. The van der Waals surface area contributed by atoms with Crippen LogP contribution in [0.3, 0.4) is 0 Å². The molecule has 9 heteroatoms. The monoisotopic (exact) mass is 318 g/mol. The third-order valence-corrected chi connectivity index (χ3v) is 3.01. The van der Waals surface area contributed by atoms with E-state index in [9.17, 15) is 25.0 Å². The Morgan fingerprint density at radius 3 is 2.35 bits per heavy atom. The van der Waals surface area contributed by atoms with E-state index in [-0.39, 0.29) is 17.2 Å². The van der Waals surface area contributed by atoms with Crippen LogP contribution in [0.25, 0.3) is 0 Å². The number of carbonyl (C=O) groups is 1. The van der Waals surface area contributed by atoms with Crippen molar-refractivity contribution in [3.8, 4) is 11.5 Å². The molecule has 0 aliphatic carbocycles. The van der Waals surface area contributed by atoms with Gasteiger partial charge < -0.3 is 9.84 Å². The van der Waals surface area contributed by atoms with Gasteiger partial charge in [-0.25, -0.2) is 4.79 Å². The number of hydrogen-bond donors (Lipinski definition) is 1. The predicted octanol–water partition coefficient (Wildman–Crippen LogP) is 3.30. The molecule has 0 fully saturated rings. The van der Waals surface area contributed by atoms with Crippen molar-refractivity contribution in [2.45, 2.75) is 6.92 Å². The second-order valence-corrected chi connectivity index (χ2v) is 4.55. The summed E-state index contributed by atoms with van der Waals surface area (Å²) in [5, 5.41) is 30.6. The maximum Gasteiger partial charge on any atom is 0.342 e. The van der Waals surface area contributed by atoms with E-state index >= 15 is 0 Å². The van der Waals surface area contributed by atoms with Crippen LogP contribution in [-0.4, -0.2) is 20.9 Å². The number of aromatic carboxylic acids is 1. The molecule has 118 valence electrons. The third kappa shape index (κ3) is 3.40. The molecule has 0 unspecified atom stereocenters. The smallest absolute Gasteiger partial charge is 0.342 e. The molecular formula is C14H10N2O7. The Hall–Kier alpha value is -3.49. The molecule has 0 spiro atoms. The summed E-state index contributed by atoms with van der Waals surface area (Å²) in [7, 11) is 0. The van der Waals surface area contributed by atoms with Gasteiger partial charge in [-0.1, -0.05) is 0 Å². The zero-order valence-corrected chi connectivity index (χ0v) is 11.8. The molecule has 1 N–H and O–H groups in total. The lowest BCUT2D eigenvalue weighted by atomic mass is 10.1. The van der Waals surface area contributed by atoms with Crippen molar-refractivity contribution in [3.63, 3.8) is 0 Å². The summed E-state index contributed by atoms with van der Waals surface area (Å²) in [6.45, 7) is 1.66. The van der Waals surface area contributed by atoms with Crippen LogP contribution in [0, 0.1) is 27.2 Å². The number of carboxylic acids is 1. The molecule has 0 saturated carbocycles. The molecule has 0 bridgehead atoms. The van der Waals surface area contributed by atoms with Crippen molar-refractivity contribution in [1.82, 2.24) is 0 Å². The van der Waals surface area contributed by atoms with Crippen molar-refractivity contribution in [1.29, 1.82) is 0 Å². The van der Waals surface area contributed by atoms with E-state index in [0.717, 1.165) is 12.1 Å². The van der Waals surface area contributed by atoms with Crippen LogP contribution in [-0.2, 0) is 0 Å². The topological polar surface area (TPSA) is 133 Å². The van der Waals surface area contributed by atoms with Crippen LogP contribution in [0.15, 0.2) is 36.4 Å². The van der Waals surface area contributed by atoms with Gasteiger partial charge in [-0.05, 0) is 24.6 Å². The van der Waals surface area contributed by atoms with Gasteiger partial charge in [0.15, 0.2) is 0 Å². The van der Waals surface area contributed by atoms with Gasteiger partial charge in [0.2, 0.25) is 0 Å². The fourth-order valence-corrected chi connectivity index (χ4v) is 1.85. The third-order valence-electron chi connectivity index (χ3n) is 3.01. The molecule has 0 saturated heterocycles. The lowest BCUT2D eigenvalue weighted by Crippen LogP contribution is -2.03. The minimum Gasteiger partial charge on any atom is -0.477 e. The van der Waals surface area contributed by atoms with Crippen LogP contribution in [0.5, 0.6) is 11.5 Å². The second kappa shape index (κ2) is 6.10. The maximum atomic E-state index is 11.1. The first kappa shape index (κ1) is 15.9. The van der Waals surface area contributed by atoms with E-state index in [2.05, 4.69) is 0 Å². The molecule has 2 rings (SSSR count). The van der Waals surface area contributed by atoms with E-state index < -0.39 is 27.1 Å². The second-order valence-electron chi connectivity index (χ2n) is 4.55. The highest BCUT2D eigenvalue weighted by Crippen LogP contribution is 2.31. The van der Waals surface area contributed by atoms with Crippen molar-refractivity contribution in [3.05, 3.63) is 67.8 Å². The molecule has 0 aromatic heterocycles. The molecule has 0 heterocycles. The first-order valence-electron chi connectivity index (χ1n) is 6.24. The average molecular weight is 318 g/mol. The number of nitrogens with zero attached hydrogens (tertiary/aromatic N) is 2. The highest BCUT2D eigenvalue weighted by molar-refractivity contribution is 5.92. The Balaban J connectivity index is 2.43. The summed E-state index contributed by atoms with van der Waals surface area (Å²) >= 11 is 0. The molecule has 0 amide bonds. The van der Waals surface area contributed by atoms with E-state index in [1.807, 2.05) is 0 Å². The van der Waals surface area contributed by atoms with Crippen LogP contribution >= 0.6 is 0 Å². The van der Waals surface area contributed by atoms with Gasteiger partial charge in [0.05, 0.1) is 15.9 Å². The Bertz CT molecular complexity index is 817. The van der Waals surface area contributed by atoms with Gasteiger partial charge in [-0.15, -0.1) is 0 Å². The number of nitro benzene ring substituents is 2. The minimum absolute atomic E-state index is 0.0246. The number of aryl methyl sites for hydroxylation is 1. The minimum atomic E-state index is -1.47. The van der Waals surface area contributed by atoms with E-state index in [4.69, 9.17) is 9.84 Å². The summed E-state index contributed by atoms with van der Waals surface area (Å²) in [5.41, 5.74) is -0.701. The number of nitro groups is 2. The summed E-state index contributed by atoms with van der Waals surface area (Å²) in [4.78, 5) is 31.3. The Labute approximate surface area is 129 Å². The average Bonchev–Trinajstić information content (AvgIpc) is 2.48. The molecule has 0 aliphatic heterocycles. The largest absolute Gasteiger partial charge is 0.477 e. The lowest BCUT2D eigenvalue weighted by Gasteiger charge is -2.09. The van der Waals surface area contributed by atoms with Crippen molar-refractivity contribution >= 4 is 17.3 Å². The highest BCUT2D eigenvalue weighted by atomic mass is 16.6. The zero-order chi connectivity index (χ0) is 17.1. The number of hydrogen-bond acceptors (Lipinski definition) is 6. The SMILES string of the molecule is Cc1ccc([N+](=O)[O-])cc1Oc1ccc([N+](=O)[O-])c(C(=O)O)c1.